The number of pyridine rings is 1. The van der Waals surface area contributed by atoms with Crippen LogP contribution in [0.3, 0.4) is 0 Å². The Kier molecular flexibility index (Phi) is 6.61. The number of aliphatic hydroxyl groups is 2. The van der Waals surface area contributed by atoms with E-state index in [-0.39, 0.29) is 24.9 Å². The number of nitrogens with zero attached hydrogens (tertiary/aromatic N) is 2. The smallest absolute Gasteiger partial charge is 0.160 e. The van der Waals surface area contributed by atoms with Gasteiger partial charge in [-0.1, -0.05) is 20.8 Å². The second-order valence-corrected chi connectivity index (χ2v) is 5.01. The maximum absolute atomic E-state index is 12.2. The van der Waals surface area contributed by atoms with Crippen LogP contribution in [0.4, 0.5) is 5.69 Å². The molecular weight excluding hydrogens is 256 g/mol. The number of Topliss-reactive ketones (excluding diaryl/α,β-unsaturated/α-hetero) is 1. The summed E-state index contributed by atoms with van der Waals surface area (Å²) in [6.07, 6.45) is 3.81. The Labute approximate surface area is 120 Å². The fourth-order valence-corrected chi connectivity index (χ4v) is 2.08. The molecule has 0 aliphatic rings. The number of aromatic nitrogens is 1. The van der Waals surface area contributed by atoms with Crippen LogP contribution in [0.5, 0.6) is 0 Å². The summed E-state index contributed by atoms with van der Waals surface area (Å²) in [7, 11) is 0. The van der Waals surface area contributed by atoms with Gasteiger partial charge in [0.25, 0.3) is 0 Å². The molecular formula is C15H23N2O3. The van der Waals surface area contributed by atoms with Gasteiger partial charge in [-0.25, -0.2) is 0 Å². The minimum Gasteiger partial charge on any atom is -0.394 e. The van der Waals surface area contributed by atoms with E-state index in [9.17, 15) is 15.0 Å². The first-order valence-corrected chi connectivity index (χ1v) is 6.80. The quantitative estimate of drug-likeness (QED) is 0.748. The van der Waals surface area contributed by atoms with Gasteiger partial charge < -0.3 is 15.1 Å². The second-order valence-electron chi connectivity index (χ2n) is 5.01. The molecule has 0 saturated heterocycles. The molecule has 2 N–H and O–H groups in total. The minimum atomic E-state index is -0.604. The van der Waals surface area contributed by atoms with Gasteiger partial charge in [0.1, 0.15) is 6.04 Å². The Hall–Kier alpha value is -1.46. The van der Waals surface area contributed by atoms with Gasteiger partial charge in [-0.05, 0) is 18.1 Å². The predicted octanol–water partition coefficient (Wildman–Crippen LogP) is 1.19. The van der Waals surface area contributed by atoms with E-state index in [4.69, 9.17) is 0 Å². The molecule has 0 saturated carbocycles. The van der Waals surface area contributed by atoms with Crippen LogP contribution in [-0.4, -0.2) is 40.2 Å². The van der Waals surface area contributed by atoms with Gasteiger partial charge in [0.15, 0.2) is 5.78 Å². The van der Waals surface area contributed by atoms with Crippen LogP contribution in [-0.2, 0) is 11.4 Å². The first-order chi connectivity index (χ1) is 9.54. The number of hydrogen-bond acceptors (Lipinski definition) is 5. The van der Waals surface area contributed by atoms with Crippen LogP contribution in [0.2, 0.25) is 0 Å². The number of carbonyl (C=O) groups excluding carboxylic acids is 1. The van der Waals surface area contributed by atoms with Crippen molar-refractivity contribution in [1.29, 1.82) is 0 Å². The average molecular weight is 279 g/mol. The van der Waals surface area contributed by atoms with Gasteiger partial charge in [-0.3, -0.25) is 9.78 Å². The van der Waals surface area contributed by atoms with Crippen LogP contribution in [0, 0.1) is 12.8 Å². The molecule has 111 valence electrons. The van der Waals surface area contributed by atoms with Crippen molar-refractivity contribution in [3.63, 3.8) is 0 Å². The summed E-state index contributed by atoms with van der Waals surface area (Å²) < 4.78 is 0. The molecule has 20 heavy (non-hydrogen) atoms. The van der Waals surface area contributed by atoms with Crippen LogP contribution >= 0.6 is 0 Å². The first kappa shape index (κ1) is 16.6. The fourth-order valence-electron chi connectivity index (χ4n) is 2.08. The van der Waals surface area contributed by atoms with Crippen molar-refractivity contribution in [1.82, 2.24) is 4.98 Å². The van der Waals surface area contributed by atoms with E-state index >= 15 is 0 Å². The lowest BCUT2D eigenvalue weighted by atomic mass is 10.00. The zero-order valence-electron chi connectivity index (χ0n) is 12.1. The summed E-state index contributed by atoms with van der Waals surface area (Å²) >= 11 is 0. The number of rotatable bonds is 8. The highest BCUT2D eigenvalue weighted by Crippen LogP contribution is 2.20. The summed E-state index contributed by atoms with van der Waals surface area (Å²) in [6.45, 7) is 7.62. The zero-order valence-corrected chi connectivity index (χ0v) is 12.1. The standard InChI is InChI=1S/C15H23N2O3/c1-4-5-17(14(10-19)15(20)11(2)3)13-6-12(9-18)7-16-8-13/h6-8,11,14,18-19H,1,4-5,9-10H2,2-3H3. The summed E-state index contributed by atoms with van der Waals surface area (Å²) in [6, 6.07) is 1.17. The van der Waals surface area contributed by atoms with Crippen molar-refractivity contribution >= 4 is 11.5 Å². The van der Waals surface area contributed by atoms with E-state index in [1.807, 2.05) is 18.7 Å². The number of hydrogen-bond donors (Lipinski definition) is 2. The topological polar surface area (TPSA) is 73.7 Å². The SMILES string of the molecule is [CH2]CCN(c1cncc(CO)c1)C(CO)C(=O)C(C)C. The average Bonchev–Trinajstić information content (AvgIpc) is 2.46. The lowest BCUT2D eigenvalue weighted by Crippen LogP contribution is -2.46. The van der Waals surface area contributed by atoms with Crippen molar-refractivity contribution in [2.24, 2.45) is 5.92 Å². The van der Waals surface area contributed by atoms with E-state index in [1.54, 1.807) is 18.5 Å². The second kappa shape index (κ2) is 7.97. The Morgan fingerprint density at radius 3 is 2.60 bits per heavy atom. The van der Waals surface area contributed by atoms with Crippen molar-refractivity contribution in [2.45, 2.75) is 32.9 Å². The lowest BCUT2D eigenvalue weighted by molar-refractivity contribution is -0.124. The van der Waals surface area contributed by atoms with E-state index < -0.39 is 6.04 Å². The van der Waals surface area contributed by atoms with E-state index in [1.165, 1.54) is 0 Å². The lowest BCUT2D eigenvalue weighted by Gasteiger charge is -2.32. The molecule has 1 aromatic heterocycles. The fraction of sp³-hybridized carbons (Fsp3) is 0.533. The summed E-state index contributed by atoms with van der Waals surface area (Å²) in [5.41, 5.74) is 1.39. The highest BCUT2D eigenvalue weighted by Gasteiger charge is 2.27. The number of anilines is 1. The van der Waals surface area contributed by atoms with Gasteiger partial charge in [0, 0.05) is 18.7 Å². The summed E-state index contributed by atoms with van der Waals surface area (Å²) in [4.78, 5) is 18.1. The first-order valence-electron chi connectivity index (χ1n) is 6.80. The Balaban J connectivity index is 3.10. The molecule has 1 radical (unpaired) electrons. The third-order valence-electron chi connectivity index (χ3n) is 3.14. The molecule has 5 heteroatoms. The number of aliphatic hydroxyl groups excluding tert-OH is 2. The molecule has 0 spiro atoms. The molecule has 0 aromatic carbocycles. The van der Waals surface area contributed by atoms with Crippen LogP contribution in [0.25, 0.3) is 0 Å². The monoisotopic (exact) mass is 279 g/mol. The molecule has 0 bridgehead atoms. The normalized spacial score (nSPS) is 12.5. The minimum absolute atomic E-state index is 0.0182. The van der Waals surface area contributed by atoms with Crippen LogP contribution < -0.4 is 4.90 Å². The van der Waals surface area contributed by atoms with E-state index in [0.29, 0.717) is 24.2 Å². The predicted molar refractivity (Wildman–Crippen MR) is 78.2 cm³/mol. The molecule has 0 aliphatic carbocycles. The van der Waals surface area contributed by atoms with Gasteiger partial charge in [0.2, 0.25) is 0 Å². The maximum atomic E-state index is 12.2. The Morgan fingerprint density at radius 1 is 1.40 bits per heavy atom. The van der Waals surface area contributed by atoms with Crippen LogP contribution in [0.15, 0.2) is 18.5 Å². The molecule has 5 nitrogen and oxygen atoms in total. The third kappa shape index (κ3) is 4.02. The summed E-state index contributed by atoms with van der Waals surface area (Å²) in [5.74, 6) is -0.177. The third-order valence-corrected chi connectivity index (χ3v) is 3.14. The van der Waals surface area contributed by atoms with Gasteiger partial charge in [-0.2, -0.15) is 0 Å². The summed E-state index contributed by atoms with van der Waals surface area (Å²) in [5, 5.41) is 18.8. The molecule has 0 aliphatic heterocycles. The molecule has 1 rings (SSSR count). The van der Waals surface area contributed by atoms with Gasteiger partial charge >= 0.3 is 0 Å². The highest BCUT2D eigenvalue weighted by molar-refractivity contribution is 5.89. The van der Waals surface area contributed by atoms with Crippen LogP contribution in [0.1, 0.15) is 25.8 Å². The number of carbonyl (C=O) groups is 1. The molecule has 1 heterocycles. The molecule has 1 atom stereocenters. The Bertz CT molecular complexity index is 435. The van der Waals surface area contributed by atoms with Crippen molar-refractivity contribution in [3.8, 4) is 0 Å². The van der Waals surface area contributed by atoms with Crippen molar-refractivity contribution in [2.75, 3.05) is 18.1 Å². The van der Waals surface area contributed by atoms with Crippen molar-refractivity contribution in [3.05, 3.63) is 30.9 Å². The van der Waals surface area contributed by atoms with E-state index in [2.05, 4.69) is 11.9 Å². The van der Waals surface area contributed by atoms with Crippen molar-refractivity contribution < 1.29 is 15.0 Å². The molecule has 0 fully saturated rings. The number of ketones is 1. The Morgan fingerprint density at radius 2 is 2.10 bits per heavy atom. The zero-order chi connectivity index (χ0) is 15.1. The molecule has 1 aromatic rings. The highest BCUT2D eigenvalue weighted by atomic mass is 16.3. The van der Waals surface area contributed by atoms with Gasteiger partial charge in [-0.15, -0.1) is 0 Å². The van der Waals surface area contributed by atoms with Gasteiger partial charge in [0.05, 0.1) is 25.1 Å². The van der Waals surface area contributed by atoms with E-state index in [0.717, 1.165) is 0 Å². The maximum Gasteiger partial charge on any atom is 0.160 e. The largest absolute Gasteiger partial charge is 0.394 e. The molecule has 0 amide bonds. The molecule has 1 unspecified atom stereocenters.